The second-order valence-corrected chi connectivity index (χ2v) is 17.5. The molecule has 1 unspecified atom stereocenters. The predicted molar refractivity (Wildman–Crippen MR) is 207 cm³/mol. The van der Waals surface area contributed by atoms with Crippen molar-refractivity contribution in [1.29, 1.82) is 5.26 Å². The maximum Gasteiger partial charge on any atom is 0.263 e. The van der Waals surface area contributed by atoms with Crippen LogP contribution in [0, 0.1) is 39.9 Å². The summed E-state index contributed by atoms with van der Waals surface area (Å²) in [6.07, 6.45) is 1.39. The summed E-state index contributed by atoms with van der Waals surface area (Å²) in [6.45, 7) is 12.2. The van der Waals surface area contributed by atoms with Crippen LogP contribution in [-0.4, -0.2) is 99.6 Å². The summed E-state index contributed by atoms with van der Waals surface area (Å²) >= 11 is 6.28. The Hall–Kier alpha value is -5.76. The molecular formula is C43H40ClN7O6. The normalized spacial score (nSPS) is 25.1. The fraction of sp³-hybridized carbons (Fsp3) is 0.419. The van der Waals surface area contributed by atoms with Crippen LogP contribution < -0.4 is 15.0 Å². The van der Waals surface area contributed by atoms with Crippen molar-refractivity contribution in [2.45, 2.75) is 71.3 Å². The van der Waals surface area contributed by atoms with Gasteiger partial charge in [0.2, 0.25) is 11.8 Å². The highest BCUT2D eigenvalue weighted by molar-refractivity contribution is 6.31. The lowest BCUT2D eigenvalue weighted by molar-refractivity contribution is -0.199. The summed E-state index contributed by atoms with van der Waals surface area (Å²) in [5, 5.41) is 11.8. The number of fused-ring (bicyclic) bond motifs is 2. The van der Waals surface area contributed by atoms with E-state index >= 15 is 0 Å². The van der Waals surface area contributed by atoms with Crippen LogP contribution in [0.5, 0.6) is 5.75 Å². The molecule has 14 heteroatoms. The van der Waals surface area contributed by atoms with Crippen molar-refractivity contribution < 1.29 is 28.7 Å². The third-order valence-corrected chi connectivity index (χ3v) is 13.0. The van der Waals surface area contributed by atoms with Crippen LogP contribution >= 0.6 is 11.6 Å². The second kappa shape index (κ2) is 13.2. The number of imide groups is 2. The minimum atomic E-state index is -1.01. The van der Waals surface area contributed by atoms with Crippen LogP contribution in [0.4, 0.5) is 5.82 Å². The number of carbonyl (C=O) groups is 5. The Balaban J connectivity index is 0.783. The summed E-state index contributed by atoms with van der Waals surface area (Å²) in [4.78, 5) is 75.9. The van der Waals surface area contributed by atoms with E-state index in [1.807, 2.05) is 23.1 Å². The van der Waals surface area contributed by atoms with E-state index in [2.05, 4.69) is 65.7 Å². The number of hydrogen-bond donors (Lipinski definition) is 1. The molecule has 9 rings (SSSR count). The van der Waals surface area contributed by atoms with Gasteiger partial charge < -0.3 is 14.5 Å². The standard InChI is InChI=1S/C43H40ClN7O6/c1-42(2)40(43(3,4)41(42)57-28-9-8-25(16-45)32(44)14-28)50-20-26-13-23(7-10-29(26)37(50)54)5-6-24-18-48(19-24)27-21-49(22-27)34-15-30-31(17-46-34)39(56)51(38(30)55)33-11-12-35(52)47-36(33)53/h7-10,13-15,17,24,27,33,40-41H,11-12,18-22H2,1-4H3,(H,47,52,53). The number of pyridine rings is 1. The van der Waals surface area contributed by atoms with Crippen molar-refractivity contribution in [2.24, 2.45) is 16.7 Å². The zero-order chi connectivity index (χ0) is 40.1. The first-order valence-corrected chi connectivity index (χ1v) is 19.6. The highest BCUT2D eigenvalue weighted by atomic mass is 35.5. The van der Waals surface area contributed by atoms with Crippen molar-refractivity contribution in [2.75, 3.05) is 31.1 Å². The molecule has 57 heavy (non-hydrogen) atoms. The fourth-order valence-corrected chi connectivity index (χ4v) is 10.3. The van der Waals surface area contributed by atoms with Gasteiger partial charge in [-0.3, -0.25) is 39.1 Å². The van der Waals surface area contributed by atoms with Crippen LogP contribution in [0.3, 0.4) is 0 Å². The zero-order valence-corrected chi connectivity index (χ0v) is 32.7. The van der Waals surface area contributed by atoms with E-state index in [-0.39, 0.29) is 58.8 Å². The highest BCUT2D eigenvalue weighted by Gasteiger charge is 2.67. The summed E-state index contributed by atoms with van der Waals surface area (Å²) < 4.78 is 6.46. The molecule has 5 amide bonds. The van der Waals surface area contributed by atoms with Gasteiger partial charge >= 0.3 is 0 Å². The SMILES string of the molecule is CC1(C)C(Oc2ccc(C#N)c(Cl)c2)C(C)(C)C1N1Cc2cc(C#CC3CN(C4CN(c5cc6c(cn5)C(=O)N(C5CCC(=O)NC5=O)C6=O)C4)C3)ccc2C1=O. The van der Waals surface area contributed by atoms with Crippen molar-refractivity contribution >= 4 is 47.0 Å². The molecule has 1 saturated carbocycles. The average Bonchev–Trinajstić information content (AvgIpc) is 3.57. The molecule has 1 aromatic heterocycles. The lowest BCUT2D eigenvalue weighted by Gasteiger charge is -2.65. The molecule has 3 aromatic rings. The molecule has 290 valence electrons. The number of halogens is 1. The monoisotopic (exact) mass is 785 g/mol. The van der Waals surface area contributed by atoms with Crippen molar-refractivity contribution in [3.8, 4) is 23.7 Å². The molecule has 0 radical (unpaired) electrons. The molecule has 0 spiro atoms. The Labute approximate surface area is 334 Å². The maximum atomic E-state index is 13.8. The molecule has 1 aliphatic carbocycles. The molecule has 1 atom stereocenters. The van der Waals surface area contributed by atoms with Gasteiger partial charge in [-0.25, -0.2) is 4.98 Å². The predicted octanol–water partition coefficient (Wildman–Crippen LogP) is 4.02. The van der Waals surface area contributed by atoms with E-state index in [4.69, 9.17) is 16.3 Å². The van der Waals surface area contributed by atoms with Crippen LogP contribution in [0.2, 0.25) is 5.02 Å². The number of ether oxygens (including phenoxy) is 1. The van der Waals surface area contributed by atoms with Gasteiger partial charge in [-0.1, -0.05) is 51.1 Å². The van der Waals surface area contributed by atoms with Gasteiger partial charge in [0.05, 0.1) is 21.7 Å². The van der Waals surface area contributed by atoms with Crippen LogP contribution in [0.15, 0.2) is 48.7 Å². The molecule has 1 N–H and O–H groups in total. The van der Waals surface area contributed by atoms with Crippen molar-refractivity contribution in [1.82, 2.24) is 25.0 Å². The van der Waals surface area contributed by atoms with Gasteiger partial charge in [0.1, 0.15) is 29.8 Å². The van der Waals surface area contributed by atoms with Gasteiger partial charge in [0.15, 0.2) is 0 Å². The summed E-state index contributed by atoms with van der Waals surface area (Å²) in [5.74, 6) is 6.07. The molecule has 2 aromatic carbocycles. The largest absolute Gasteiger partial charge is 0.489 e. The number of amides is 5. The molecule has 13 nitrogen and oxygen atoms in total. The zero-order valence-electron chi connectivity index (χ0n) is 32.0. The van der Waals surface area contributed by atoms with E-state index < -0.39 is 29.7 Å². The lowest BCUT2D eigenvalue weighted by atomic mass is 9.49. The molecule has 6 aliphatic rings. The Morgan fingerprint density at radius 2 is 1.63 bits per heavy atom. The first kappa shape index (κ1) is 36.9. The van der Waals surface area contributed by atoms with Gasteiger partial charge in [0.25, 0.3) is 17.7 Å². The number of carbonyl (C=O) groups excluding carboxylic acids is 5. The number of nitrogens with one attached hydrogen (secondary N) is 1. The number of aromatic nitrogens is 1. The molecule has 0 bridgehead atoms. The Kier molecular flexibility index (Phi) is 8.50. The smallest absolute Gasteiger partial charge is 0.263 e. The van der Waals surface area contributed by atoms with Gasteiger partial charge in [0, 0.05) is 91.4 Å². The quantitative estimate of drug-likeness (QED) is 0.286. The molecule has 6 heterocycles. The third-order valence-electron chi connectivity index (χ3n) is 12.7. The van der Waals surface area contributed by atoms with Crippen LogP contribution in [-0.2, 0) is 16.1 Å². The van der Waals surface area contributed by atoms with E-state index in [0.29, 0.717) is 40.3 Å². The second-order valence-electron chi connectivity index (χ2n) is 17.1. The summed E-state index contributed by atoms with van der Waals surface area (Å²) in [5.41, 5.74) is 2.65. The van der Waals surface area contributed by atoms with Gasteiger partial charge in [-0.15, -0.1) is 0 Å². The number of anilines is 1. The summed E-state index contributed by atoms with van der Waals surface area (Å²) in [7, 11) is 0. The van der Waals surface area contributed by atoms with Gasteiger partial charge in [-0.2, -0.15) is 5.26 Å². The van der Waals surface area contributed by atoms with E-state index in [0.717, 1.165) is 42.2 Å². The fourth-order valence-electron chi connectivity index (χ4n) is 10.1. The number of nitriles is 1. The Bertz CT molecular complexity index is 2400. The number of rotatable bonds is 6. The van der Waals surface area contributed by atoms with Crippen molar-refractivity contribution in [3.63, 3.8) is 0 Å². The number of likely N-dealkylation sites (tertiary alicyclic amines) is 1. The van der Waals surface area contributed by atoms with E-state index in [1.54, 1.807) is 24.3 Å². The van der Waals surface area contributed by atoms with Crippen LogP contribution in [0.1, 0.15) is 88.3 Å². The third kappa shape index (κ3) is 5.86. The van der Waals surface area contributed by atoms with Crippen LogP contribution in [0.25, 0.3) is 0 Å². The number of piperidine rings is 1. The number of benzene rings is 2. The number of hydrogen-bond acceptors (Lipinski definition) is 10. The first-order valence-electron chi connectivity index (χ1n) is 19.2. The maximum absolute atomic E-state index is 13.8. The minimum Gasteiger partial charge on any atom is -0.489 e. The van der Waals surface area contributed by atoms with Gasteiger partial charge in [-0.05, 0) is 48.4 Å². The van der Waals surface area contributed by atoms with E-state index in [1.165, 1.54) is 6.20 Å². The molecular weight excluding hydrogens is 746 g/mol. The van der Waals surface area contributed by atoms with E-state index in [9.17, 15) is 29.2 Å². The topological polar surface area (TPSA) is 156 Å². The molecule has 3 saturated heterocycles. The minimum absolute atomic E-state index is 0.0177. The Morgan fingerprint density at radius 1 is 0.895 bits per heavy atom. The Morgan fingerprint density at radius 3 is 2.33 bits per heavy atom. The first-order chi connectivity index (χ1) is 27.1. The number of nitrogens with zero attached hydrogens (tertiary/aromatic N) is 6. The average molecular weight is 786 g/mol. The molecule has 5 aliphatic heterocycles. The highest BCUT2D eigenvalue weighted by Crippen LogP contribution is 2.59. The van der Waals surface area contributed by atoms with Crippen molar-refractivity contribution in [3.05, 3.63) is 87.1 Å². The lowest BCUT2D eigenvalue weighted by Crippen LogP contribution is -2.74. The summed E-state index contributed by atoms with van der Waals surface area (Å²) in [6, 6.07) is 13.9. The molecule has 4 fully saturated rings.